The first-order valence-corrected chi connectivity index (χ1v) is 8.13. The van der Waals surface area contributed by atoms with Crippen LogP contribution in [0, 0.1) is 18.7 Å². The molecule has 1 saturated heterocycles. The molecule has 1 aliphatic heterocycles. The Morgan fingerprint density at radius 3 is 3.04 bits per heavy atom. The van der Waals surface area contributed by atoms with Gasteiger partial charge in [0.05, 0.1) is 0 Å². The van der Waals surface area contributed by atoms with E-state index in [1.54, 1.807) is 19.1 Å². The van der Waals surface area contributed by atoms with Crippen molar-refractivity contribution in [3.63, 3.8) is 0 Å². The number of aromatic nitrogens is 2. The van der Waals surface area contributed by atoms with Gasteiger partial charge in [0.1, 0.15) is 5.82 Å². The molecule has 0 bridgehead atoms. The highest BCUT2D eigenvalue weighted by Gasteiger charge is 2.25. The fourth-order valence-corrected chi connectivity index (χ4v) is 2.83. The number of hydrogen-bond donors (Lipinski definition) is 1. The SMILES string of the molecule is Cc1ccc(-c2noc(CCC(=O)N3CCC(CN)C3)n2)cc1F. The molecule has 24 heavy (non-hydrogen) atoms. The van der Waals surface area contributed by atoms with Crippen LogP contribution in [0.5, 0.6) is 0 Å². The monoisotopic (exact) mass is 332 g/mol. The van der Waals surface area contributed by atoms with Crippen molar-refractivity contribution in [1.82, 2.24) is 15.0 Å². The topological polar surface area (TPSA) is 85.2 Å². The number of benzene rings is 1. The molecule has 1 aromatic heterocycles. The standard InChI is InChI=1S/C17H21FN4O2/c1-11-2-3-13(8-14(11)18)17-20-15(24-21-17)4-5-16(23)22-7-6-12(9-19)10-22/h2-3,8,12H,4-7,9-10,19H2,1H3. The van der Waals surface area contributed by atoms with E-state index in [0.717, 1.165) is 19.5 Å². The van der Waals surface area contributed by atoms with Gasteiger partial charge in [-0.15, -0.1) is 0 Å². The summed E-state index contributed by atoms with van der Waals surface area (Å²) in [5.41, 5.74) is 6.77. The molecule has 1 aliphatic rings. The molecule has 1 atom stereocenters. The fraction of sp³-hybridized carbons (Fsp3) is 0.471. The van der Waals surface area contributed by atoms with Crippen molar-refractivity contribution in [3.8, 4) is 11.4 Å². The highest BCUT2D eigenvalue weighted by atomic mass is 19.1. The second kappa shape index (κ2) is 7.09. The minimum atomic E-state index is -0.308. The Kier molecular flexibility index (Phi) is 4.89. The maximum Gasteiger partial charge on any atom is 0.227 e. The van der Waals surface area contributed by atoms with E-state index in [-0.39, 0.29) is 11.7 Å². The molecule has 128 valence electrons. The molecule has 0 saturated carbocycles. The molecule has 1 aromatic carbocycles. The van der Waals surface area contributed by atoms with E-state index < -0.39 is 0 Å². The predicted octanol–water partition coefficient (Wildman–Crippen LogP) is 1.92. The molecule has 1 fully saturated rings. The maximum atomic E-state index is 13.6. The van der Waals surface area contributed by atoms with Crippen LogP contribution in [0.4, 0.5) is 4.39 Å². The van der Waals surface area contributed by atoms with Crippen molar-refractivity contribution >= 4 is 5.91 Å². The number of amides is 1. The Hall–Kier alpha value is -2.28. The van der Waals surface area contributed by atoms with Crippen LogP contribution in [0.1, 0.15) is 24.3 Å². The van der Waals surface area contributed by atoms with E-state index in [0.29, 0.717) is 48.1 Å². The van der Waals surface area contributed by atoms with E-state index in [1.165, 1.54) is 6.07 Å². The summed E-state index contributed by atoms with van der Waals surface area (Å²) in [6.45, 7) is 3.80. The molecular formula is C17H21FN4O2. The zero-order valence-corrected chi connectivity index (χ0v) is 13.7. The van der Waals surface area contributed by atoms with Crippen molar-refractivity contribution in [2.24, 2.45) is 11.7 Å². The molecule has 1 amide bonds. The Labute approximate surface area is 139 Å². The molecule has 0 radical (unpaired) electrons. The zero-order chi connectivity index (χ0) is 17.1. The maximum absolute atomic E-state index is 13.6. The zero-order valence-electron chi connectivity index (χ0n) is 13.7. The summed E-state index contributed by atoms with van der Waals surface area (Å²) in [7, 11) is 0. The molecule has 0 spiro atoms. The lowest BCUT2D eigenvalue weighted by molar-refractivity contribution is -0.130. The number of rotatable bonds is 5. The third-order valence-corrected chi connectivity index (χ3v) is 4.42. The summed E-state index contributed by atoms with van der Waals surface area (Å²) in [6.07, 6.45) is 1.66. The molecule has 1 unspecified atom stereocenters. The highest BCUT2D eigenvalue weighted by molar-refractivity contribution is 5.76. The second-order valence-electron chi connectivity index (χ2n) is 6.21. The lowest BCUT2D eigenvalue weighted by Crippen LogP contribution is -2.30. The van der Waals surface area contributed by atoms with Crippen LogP contribution in [0.25, 0.3) is 11.4 Å². The van der Waals surface area contributed by atoms with Crippen LogP contribution < -0.4 is 5.73 Å². The van der Waals surface area contributed by atoms with Gasteiger partial charge in [0, 0.05) is 31.5 Å². The van der Waals surface area contributed by atoms with Crippen molar-refractivity contribution < 1.29 is 13.7 Å². The predicted molar refractivity (Wildman–Crippen MR) is 86.5 cm³/mol. The molecule has 0 aliphatic carbocycles. The van der Waals surface area contributed by atoms with Gasteiger partial charge in [-0.05, 0) is 37.4 Å². The molecule has 3 rings (SSSR count). The smallest absolute Gasteiger partial charge is 0.227 e. The van der Waals surface area contributed by atoms with E-state index in [4.69, 9.17) is 10.3 Å². The van der Waals surface area contributed by atoms with E-state index >= 15 is 0 Å². The van der Waals surface area contributed by atoms with Crippen molar-refractivity contribution in [3.05, 3.63) is 35.5 Å². The molecule has 2 heterocycles. The summed E-state index contributed by atoms with van der Waals surface area (Å²) in [5, 5.41) is 3.86. The lowest BCUT2D eigenvalue weighted by atomic mass is 10.1. The summed E-state index contributed by atoms with van der Waals surface area (Å²) >= 11 is 0. The van der Waals surface area contributed by atoms with Crippen LogP contribution >= 0.6 is 0 Å². The summed E-state index contributed by atoms with van der Waals surface area (Å²) < 4.78 is 18.8. The number of likely N-dealkylation sites (tertiary alicyclic amines) is 1. The van der Waals surface area contributed by atoms with Gasteiger partial charge in [-0.25, -0.2) is 4.39 Å². The second-order valence-corrected chi connectivity index (χ2v) is 6.21. The molecule has 2 N–H and O–H groups in total. The van der Waals surface area contributed by atoms with Gasteiger partial charge in [0.15, 0.2) is 0 Å². The number of halogens is 1. The quantitative estimate of drug-likeness (QED) is 0.904. The third kappa shape index (κ3) is 3.62. The fourth-order valence-electron chi connectivity index (χ4n) is 2.83. The van der Waals surface area contributed by atoms with Crippen LogP contribution in [0.3, 0.4) is 0 Å². The van der Waals surface area contributed by atoms with E-state index in [1.807, 2.05) is 4.90 Å². The van der Waals surface area contributed by atoms with Crippen molar-refractivity contribution in [2.45, 2.75) is 26.2 Å². The van der Waals surface area contributed by atoms with Gasteiger partial charge in [-0.2, -0.15) is 4.98 Å². The Balaban J connectivity index is 1.58. The third-order valence-electron chi connectivity index (χ3n) is 4.42. The number of hydrogen-bond acceptors (Lipinski definition) is 5. The Bertz CT molecular complexity index is 731. The average molecular weight is 332 g/mol. The minimum Gasteiger partial charge on any atom is -0.342 e. The summed E-state index contributed by atoms with van der Waals surface area (Å²) in [4.78, 5) is 18.3. The first-order valence-electron chi connectivity index (χ1n) is 8.13. The molecular weight excluding hydrogens is 311 g/mol. The van der Waals surface area contributed by atoms with Gasteiger partial charge in [0.2, 0.25) is 17.6 Å². The van der Waals surface area contributed by atoms with Gasteiger partial charge in [-0.3, -0.25) is 4.79 Å². The van der Waals surface area contributed by atoms with Crippen molar-refractivity contribution in [2.75, 3.05) is 19.6 Å². The summed E-state index contributed by atoms with van der Waals surface area (Å²) in [5.74, 6) is 0.889. The van der Waals surface area contributed by atoms with Gasteiger partial charge in [-0.1, -0.05) is 17.3 Å². The lowest BCUT2D eigenvalue weighted by Gasteiger charge is -2.15. The van der Waals surface area contributed by atoms with Crippen molar-refractivity contribution in [1.29, 1.82) is 0 Å². The van der Waals surface area contributed by atoms with Crippen LogP contribution in [-0.4, -0.2) is 40.6 Å². The van der Waals surface area contributed by atoms with E-state index in [9.17, 15) is 9.18 Å². The van der Waals surface area contributed by atoms with E-state index in [2.05, 4.69) is 10.1 Å². The molecule has 7 heteroatoms. The molecule has 2 aromatic rings. The average Bonchev–Trinajstić information content (AvgIpc) is 3.24. The molecule has 6 nitrogen and oxygen atoms in total. The number of nitrogens with two attached hydrogens (primary N) is 1. The highest BCUT2D eigenvalue weighted by Crippen LogP contribution is 2.20. The largest absolute Gasteiger partial charge is 0.342 e. The number of aryl methyl sites for hydroxylation is 2. The van der Waals surface area contributed by atoms with Gasteiger partial charge < -0.3 is 15.2 Å². The number of nitrogens with zero attached hydrogens (tertiary/aromatic N) is 3. The summed E-state index contributed by atoms with van der Waals surface area (Å²) in [6, 6.07) is 4.80. The number of carbonyl (C=O) groups excluding carboxylic acids is 1. The van der Waals surface area contributed by atoms with Gasteiger partial charge >= 0.3 is 0 Å². The normalized spacial score (nSPS) is 17.5. The Morgan fingerprint density at radius 2 is 2.33 bits per heavy atom. The van der Waals surface area contributed by atoms with Crippen LogP contribution in [-0.2, 0) is 11.2 Å². The van der Waals surface area contributed by atoms with Gasteiger partial charge in [0.25, 0.3) is 0 Å². The van der Waals surface area contributed by atoms with Crippen LogP contribution in [0.15, 0.2) is 22.7 Å². The first-order chi connectivity index (χ1) is 11.6. The minimum absolute atomic E-state index is 0.0760. The number of carbonyl (C=O) groups is 1. The Morgan fingerprint density at radius 1 is 1.50 bits per heavy atom. The van der Waals surface area contributed by atoms with Crippen LogP contribution in [0.2, 0.25) is 0 Å². The first kappa shape index (κ1) is 16.6.